The van der Waals surface area contributed by atoms with E-state index in [1.54, 1.807) is 18.3 Å². The number of amides is 1. The van der Waals surface area contributed by atoms with Crippen LogP contribution < -0.4 is 14.8 Å². The summed E-state index contributed by atoms with van der Waals surface area (Å²) in [6.45, 7) is 1.47. The number of ether oxygens (including phenoxy) is 2. The van der Waals surface area contributed by atoms with Crippen molar-refractivity contribution in [2.45, 2.75) is 6.92 Å². The highest BCUT2D eigenvalue weighted by molar-refractivity contribution is 6.02. The third kappa shape index (κ3) is 3.39. The fourth-order valence-electron chi connectivity index (χ4n) is 3.42. The van der Waals surface area contributed by atoms with Crippen LogP contribution in [-0.2, 0) is 4.79 Å². The first-order chi connectivity index (χ1) is 14.5. The van der Waals surface area contributed by atoms with Gasteiger partial charge in [0, 0.05) is 24.4 Å². The summed E-state index contributed by atoms with van der Waals surface area (Å²) < 4.78 is 10.6. The number of nitrogens with zero attached hydrogens (tertiary/aromatic N) is 2. The second kappa shape index (κ2) is 7.75. The van der Waals surface area contributed by atoms with Crippen molar-refractivity contribution in [2.75, 3.05) is 19.5 Å². The Hall–Kier alpha value is -4.07. The number of hydrogen-bond donors (Lipinski definition) is 3. The monoisotopic (exact) mass is 404 g/mol. The minimum atomic E-state index is -0.126. The number of carbonyl (C=O) groups is 1. The minimum Gasteiger partial charge on any atom is -0.504 e. The average molecular weight is 404 g/mol. The number of methoxy groups -OCH3 is 2. The molecule has 8 nitrogen and oxygen atoms in total. The van der Waals surface area contributed by atoms with Gasteiger partial charge in [-0.05, 0) is 41.5 Å². The Morgan fingerprint density at radius 3 is 2.50 bits per heavy atom. The SMILES string of the molecule is COc1cc(-c2n[nH]c3nccc(-c4ccc(NC(C)=O)cc4)c23)cc(O)c1OC. The zero-order chi connectivity index (χ0) is 21.3. The number of aromatic nitrogens is 3. The molecule has 0 aliphatic carbocycles. The molecule has 0 bridgehead atoms. The van der Waals surface area contributed by atoms with Gasteiger partial charge in [-0.1, -0.05) is 12.1 Å². The molecule has 4 rings (SSSR count). The highest BCUT2D eigenvalue weighted by Gasteiger charge is 2.19. The quantitative estimate of drug-likeness (QED) is 0.464. The molecule has 0 unspecified atom stereocenters. The Balaban J connectivity index is 1.87. The van der Waals surface area contributed by atoms with Crippen molar-refractivity contribution in [1.29, 1.82) is 0 Å². The van der Waals surface area contributed by atoms with Crippen LogP contribution in [0.5, 0.6) is 17.2 Å². The lowest BCUT2D eigenvalue weighted by atomic mass is 9.99. The molecule has 0 radical (unpaired) electrons. The van der Waals surface area contributed by atoms with Gasteiger partial charge < -0.3 is 19.9 Å². The Kier molecular flexibility index (Phi) is 4.97. The molecule has 2 aromatic heterocycles. The zero-order valence-electron chi connectivity index (χ0n) is 16.7. The van der Waals surface area contributed by atoms with E-state index in [4.69, 9.17) is 9.47 Å². The molecule has 0 aliphatic heterocycles. The van der Waals surface area contributed by atoms with Crippen LogP contribution in [0.2, 0.25) is 0 Å². The van der Waals surface area contributed by atoms with Gasteiger partial charge in [-0.25, -0.2) is 4.98 Å². The van der Waals surface area contributed by atoms with E-state index in [1.165, 1.54) is 21.1 Å². The van der Waals surface area contributed by atoms with Gasteiger partial charge in [0.1, 0.15) is 5.69 Å². The fraction of sp³-hybridized carbons (Fsp3) is 0.136. The number of anilines is 1. The van der Waals surface area contributed by atoms with Crippen LogP contribution in [0.1, 0.15) is 6.92 Å². The van der Waals surface area contributed by atoms with E-state index in [2.05, 4.69) is 20.5 Å². The van der Waals surface area contributed by atoms with E-state index < -0.39 is 0 Å². The highest BCUT2D eigenvalue weighted by atomic mass is 16.5. The molecule has 4 aromatic rings. The highest BCUT2D eigenvalue weighted by Crippen LogP contribution is 2.42. The molecular weight excluding hydrogens is 384 g/mol. The van der Waals surface area contributed by atoms with Crippen molar-refractivity contribution in [3.8, 4) is 39.6 Å². The van der Waals surface area contributed by atoms with Gasteiger partial charge in [0.15, 0.2) is 17.1 Å². The molecule has 0 aliphatic rings. The molecule has 2 aromatic carbocycles. The van der Waals surface area contributed by atoms with Crippen molar-refractivity contribution in [3.05, 3.63) is 48.7 Å². The van der Waals surface area contributed by atoms with Gasteiger partial charge in [0.05, 0.1) is 19.6 Å². The number of H-pyrrole nitrogens is 1. The number of aromatic hydroxyl groups is 1. The molecule has 0 atom stereocenters. The van der Waals surface area contributed by atoms with E-state index in [0.717, 1.165) is 16.5 Å². The molecule has 2 heterocycles. The molecule has 8 heteroatoms. The number of benzene rings is 2. The van der Waals surface area contributed by atoms with E-state index in [-0.39, 0.29) is 17.4 Å². The number of phenols is 1. The average Bonchev–Trinajstić information content (AvgIpc) is 3.17. The number of pyridine rings is 1. The lowest BCUT2D eigenvalue weighted by Gasteiger charge is -2.12. The Morgan fingerprint density at radius 2 is 1.83 bits per heavy atom. The van der Waals surface area contributed by atoms with Gasteiger partial charge in [0.2, 0.25) is 11.7 Å². The molecule has 3 N–H and O–H groups in total. The lowest BCUT2D eigenvalue weighted by Crippen LogP contribution is -2.05. The molecule has 0 saturated heterocycles. The van der Waals surface area contributed by atoms with Crippen LogP contribution >= 0.6 is 0 Å². The summed E-state index contributed by atoms with van der Waals surface area (Å²) in [7, 11) is 2.97. The van der Waals surface area contributed by atoms with Crippen LogP contribution in [0.25, 0.3) is 33.4 Å². The summed E-state index contributed by atoms with van der Waals surface area (Å²) >= 11 is 0. The van der Waals surface area contributed by atoms with E-state index >= 15 is 0 Å². The number of fused-ring (bicyclic) bond motifs is 1. The van der Waals surface area contributed by atoms with Crippen LogP contribution in [0.4, 0.5) is 5.69 Å². The van der Waals surface area contributed by atoms with Gasteiger partial charge in [-0.15, -0.1) is 0 Å². The smallest absolute Gasteiger partial charge is 0.221 e. The predicted molar refractivity (Wildman–Crippen MR) is 114 cm³/mol. The maximum Gasteiger partial charge on any atom is 0.221 e. The standard InChI is InChI=1S/C22H20N4O4/c1-12(27)24-15-6-4-13(5-7-15)16-8-9-23-22-19(16)20(25-26-22)14-10-17(28)21(30-3)18(11-14)29-2/h4-11,28H,1-3H3,(H,24,27)(H,23,25,26). The predicted octanol–water partition coefficient (Wildman–Crippen LogP) is 3.97. The maximum absolute atomic E-state index is 11.3. The topological polar surface area (TPSA) is 109 Å². The van der Waals surface area contributed by atoms with Gasteiger partial charge >= 0.3 is 0 Å². The van der Waals surface area contributed by atoms with Crippen molar-refractivity contribution >= 4 is 22.6 Å². The van der Waals surface area contributed by atoms with E-state index in [1.807, 2.05) is 30.3 Å². The lowest BCUT2D eigenvalue weighted by molar-refractivity contribution is -0.114. The Bertz CT molecular complexity index is 1230. The number of aromatic amines is 1. The number of carbonyl (C=O) groups excluding carboxylic acids is 1. The molecule has 1 amide bonds. The normalized spacial score (nSPS) is 10.8. The second-order valence-electron chi connectivity index (χ2n) is 6.64. The molecule has 0 fully saturated rings. The van der Waals surface area contributed by atoms with E-state index in [9.17, 15) is 9.90 Å². The third-order valence-electron chi connectivity index (χ3n) is 4.71. The molecule has 152 valence electrons. The second-order valence-corrected chi connectivity index (χ2v) is 6.64. The first-order valence-corrected chi connectivity index (χ1v) is 9.18. The number of rotatable bonds is 5. The van der Waals surface area contributed by atoms with Gasteiger partial charge in [-0.2, -0.15) is 5.10 Å². The summed E-state index contributed by atoms with van der Waals surface area (Å²) in [5.74, 6) is 0.481. The summed E-state index contributed by atoms with van der Waals surface area (Å²) in [5, 5.41) is 21.3. The first kappa shape index (κ1) is 19.3. The largest absolute Gasteiger partial charge is 0.504 e. The fourth-order valence-corrected chi connectivity index (χ4v) is 3.42. The van der Waals surface area contributed by atoms with Crippen molar-refractivity contribution in [3.63, 3.8) is 0 Å². The summed E-state index contributed by atoms with van der Waals surface area (Å²) in [6, 6.07) is 12.7. The third-order valence-corrected chi connectivity index (χ3v) is 4.71. The Morgan fingerprint density at radius 1 is 1.07 bits per heavy atom. The summed E-state index contributed by atoms with van der Waals surface area (Å²) in [5.41, 5.74) is 4.45. The van der Waals surface area contributed by atoms with Crippen molar-refractivity contribution < 1.29 is 19.4 Å². The molecular formula is C22H20N4O4. The summed E-state index contributed by atoms with van der Waals surface area (Å²) in [4.78, 5) is 15.6. The minimum absolute atomic E-state index is 0.0481. The summed E-state index contributed by atoms with van der Waals surface area (Å²) in [6.07, 6.45) is 1.70. The maximum atomic E-state index is 11.3. The molecule has 0 saturated carbocycles. The van der Waals surface area contributed by atoms with Crippen LogP contribution in [0.3, 0.4) is 0 Å². The van der Waals surface area contributed by atoms with Crippen molar-refractivity contribution in [1.82, 2.24) is 15.2 Å². The molecule has 0 spiro atoms. The van der Waals surface area contributed by atoms with Crippen LogP contribution in [0, 0.1) is 0 Å². The zero-order valence-corrected chi connectivity index (χ0v) is 16.7. The molecule has 30 heavy (non-hydrogen) atoms. The first-order valence-electron chi connectivity index (χ1n) is 9.18. The van der Waals surface area contributed by atoms with Crippen LogP contribution in [-0.4, -0.2) is 40.4 Å². The van der Waals surface area contributed by atoms with Gasteiger partial charge in [-0.3, -0.25) is 9.89 Å². The number of nitrogens with one attached hydrogen (secondary N) is 2. The number of phenolic OH excluding ortho intramolecular Hbond substituents is 1. The van der Waals surface area contributed by atoms with E-state index in [0.29, 0.717) is 28.3 Å². The Labute approximate surface area is 172 Å². The van der Waals surface area contributed by atoms with Gasteiger partial charge in [0.25, 0.3) is 0 Å². The van der Waals surface area contributed by atoms with Crippen molar-refractivity contribution in [2.24, 2.45) is 0 Å². The van der Waals surface area contributed by atoms with Crippen LogP contribution in [0.15, 0.2) is 48.7 Å². The number of hydrogen-bond acceptors (Lipinski definition) is 6.